The van der Waals surface area contributed by atoms with Crippen LogP contribution in [0.25, 0.3) is 0 Å². The van der Waals surface area contributed by atoms with Crippen molar-refractivity contribution in [2.24, 2.45) is 0 Å². The standard InChI is InChI=1S/C32H62O4/c1-4-7-10-13-16-19-20-23-26-30(36-32(34)28-25-22-18-15-12-9-6-3)29-35-31(33)27-24-21-17-14-11-8-5-2/h30H,4-29H2,1-3H3. The largest absolute Gasteiger partial charge is 0.462 e. The first-order chi connectivity index (χ1) is 17.6. The van der Waals surface area contributed by atoms with E-state index in [0.29, 0.717) is 12.8 Å². The van der Waals surface area contributed by atoms with E-state index in [1.54, 1.807) is 0 Å². The van der Waals surface area contributed by atoms with Gasteiger partial charge in [0, 0.05) is 12.8 Å². The van der Waals surface area contributed by atoms with Gasteiger partial charge in [-0.3, -0.25) is 9.59 Å². The van der Waals surface area contributed by atoms with Gasteiger partial charge < -0.3 is 9.47 Å². The molecule has 0 saturated carbocycles. The van der Waals surface area contributed by atoms with E-state index >= 15 is 0 Å². The summed E-state index contributed by atoms with van der Waals surface area (Å²) in [6, 6.07) is 0. The van der Waals surface area contributed by atoms with Crippen molar-refractivity contribution in [1.82, 2.24) is 0 Å². The average molecular weight is 511 g/mol. The molecule has 0 radical (unpaired) electrons. The van der Waals surface area contributed by atoms with Crippen LogP contribution in [0.5, 0.6) is 0 Å². The van der Waals surface area contributed by atoms with Gasteiger partial charge in [0.1, 0.15) is 12.7 Å². The lowest BCUT2D eigenvalue weighted by atomic mass is 10.1. The topological polar surface area (TPSA) is 52.6 Å². The Morgan fingerprint density at radius 2 is 0.833 bits per heavy atom. The van der Waals surface area contributed by atoms with Crippen LogP contribution >= 0.6 is 0 Å². The fourth-order valence-corrected chi connectivity index (χ4v) is 4.64. The van der Waals surface area contributed by atoms with Gasteiger partial charge in [-0.05, 0) is 25.7 Å². The molecule has 4 nitrogen and oxygen atoms in total. The number of carbonyl (C=O) groups excluding carboxylic acids is 2. The maximum absolute atomic E-state index is 12.4. The lowest BCUT2D eigenvalue weighted by Crippen LogP contribution is -2.25. The maximum atomic E-state index is 12.4. The van der Waals surface area contributed by atoms with Crippen LogP contribution in [0.1, 0.15) is 181 Å². The summed E-state index contributed by atoms with van der Waals surface area (Å²) < 4.78 is 11.3. The van der Waals surface area contributed by atoms with Crippen molar-refractivity contribution >= 4 is 11.9 Å². The second-order valence-corrected chi connectivity index (χ2v) is 10.8. The van der Waals surface area contributed by atoms with E-state index < -0.39 is 0 Å². The molecule has 0 amide bonds. The molecular weight excluding hydrogens is 448 g/mol. The van der Waals surface area contributed by atoms with E-state index in [0.717, 1.165) is 44.9 Å². The van der Waals surface area contributed by atoms with Crippen LogP contribution < -0.4 is 0 Å². The summed E-state index contributed by atoms with van der Waals surface area (Å²) in [6.07, 6.45) is 28.1. The van der Waals surface area contributed by atoms with Crippen molar-refractivity contribution in [2.45, 2.75) is 187 Å². The van der Waals surface area contributed by atoms with Gasteiger partial charge in [0.05, 0.1) is 0 Å². The van der Waals surface area contributed by atoms with E-state index in [2.05, 4.69) is 20.8 Å². The van der Waals surface area contributed by atoms with Crippen LogP contribution in [0, 0.1) is 0 Å². The third-order valence-corrected chi connectivity index (χ3v) is 7.08. The summed E-state index contributed by atoms with van der Waals surface area (Å²) in [5.41, 5.74) is 0. The zero-order valence-electron chi connectivity index (χ0n) is 24.6. The lowest BCUT2D eigenvalue weighted by Gasteiger charge is -2.18. The Bertz CT molecular complexity index is 477. The molecule has 1 atom stereocenters. The molecule has 214 valence electrons. The monoisotopic (exact) mass is 510 g/mol. The zero-order valence-corrected chi connectivity index (χ0v) is 24.6. The first kappa shape index (κ1) is 34.9. The minimum absolute atomic E-state index is 0.128. The Hall–Kier alpha value is -1.06. The highest BCUT2D eigenvalue weighted by Crippen LogP contribution is 2.15. The van der Waals surface area contributed by atoms with Gasteiger partial charge in [-0.15, -0.1) is 0 Å². The first-order valence-corrected chi connectivity index (χ1v) is 16.0. The number of hydrogen-bond donors (Lipinski definition) is 0. The molecule has 0 bridgehead atoms. The molecule has 0 fully saturated rings. The van der Waals surface area contributed by atoms with Crippen LogP contribution in [0.15, 0.2) is 0 Å². The molecule has 0 aromatic rings. The van der Waals surface area contributed by atoms with Crippen molar-refractivity contribution in [3.63, 3.8) is 0 Å². The number of ether oxygens (including phenoxy) is 2. The van der Waals surface area contributed by atoms with Gasteiger partial charge in [0.25, 0.3) is 0 Å². The lowest BCUT2D eigenvalue weighted by molar-refractivity contribution is -0.159. The molecule has 0 heterocycles. The van der Waals surface area contributed by atoms with Gasteiger partial charge in [-0.25, -0.2) is 0 Å². The molecule has 0 aromatic heterocycles. The van der Waals surface area contributed by atoms with Crippen LogP contribution in [0.3, 0.4) is 0 Å². The Balaban J connectivity index is 4.19. The fourth-order valence-electron chi connectivity index (χ4n) is 4.64. The van der Waals surface area contributed by atoms with Crippen molar-refractivity contribution < 1.29 is 19.1 Å². The van der Waals surface area contributed by atoms with Gasteiger partial charge in [-0.2, -0.15) is 0 Å². The summed E-state index contributed by atoms with van der Waals surface area (Å²) in [5.74, 6) is -0.274. The Morgan fingerprint density at radius 3 is 1.28 bits per heavy atom. The van der Waals surface area contributed by atoms with E-state index in [9.17, 15) is 9.59 Å². The SMILES string of the molecule is CCCCCCCCCCC(COC(=O)CCCCCCCCC)OC(=O)CCCCCCCCC. The minimum Gasteiger partial charge on any atom is -0.462 e. The molecule has 0 aliphatic heterocycles. The highest BCUT2D eigenvalue weighted by Gasteiger charge is 2.17. The van der Waals surface area contributed by atoms with E-state index in [4.69, 9.17) is 9.47 Å². The molecule has 0 aliphatic carbocycles. The number of hydrogen-bond acceptors (Lipinski definition) is 4. The van der Waals surface area contributed by atoms with E-state index in [-0.39, 0.29) is 24.6 Å². The summed E-state index contributed by atoms with van der Waals surface area (Å²) in [4.78, 5) is 24.7. The number of rotatable bonds is 28. The summed E-state index contributed by atoms with van der Waals surface area (Å²) in [6.45, 7) is 6.92. The molecule has 0 saturated heterocycles. The molecule has 0 rings (SSSR count). The summed E-state index contributed by atoms with van der Waals surface area (Å²) >= 11 is 0. The first-order valence-electron chi connectivity index (χ1n) is 16.0. The summed E-state index contributed by atoms with van der Waals surface area (Å²) in [5, 5.41) is 0. The van der Waals surface area contributed by atoms with Crippen LogP contribution in [-0.2, 0) is 19.1 Å². The number of unbranched alkanes of at least 4 members (excludes halogenated alkanes) is 19. The highest BCUT2D eigenvalue weighted by atomic mass is 16.6. The number of esters is 2. The predicted molar refractivity (Wildman–Crippen MR) is 153 cm³/mol. The third kappa shape index (κ3) is 26.0. The molecule has 0 aliphatic rings. The minimum atomic E-state index is -0.292. The predicted octanol–water partition coefficient (Wildman–Crippen LogP) is 10.3. The Kier molecular flexibility index (Phi) is 27.7. The van der Waals surface area contributed by atoms with Crippen LogP contribution in [0.2, 0.25) is 0 Å². The molecule has 0 spiro atoms. The van der Waals surface area contributed by atoms with E-state index in [1.165, 1.54) is 103 Å². The highest BCUT2D eigenvalue weighted by molar-refractivity contribution is 5.70. The average Bonchev–Trinajstić information content (AvgIpc) is 2.87. The van der Waals surface area contributed by atoms with Gasteiger partial charge in [-0.1, -0.05) is 143 Å². The van der Waals surface area contributed by atoms with E-state index in [1.807, 2.05) is 0 Å². The van der Waals surface area contributed by atoms with Gasteiger partial charge >= 0.3 is 11.9 Å². The van der Waals surface area contributed by atoms with Crippen LogP contribution in [0.4, 0.5) is 0 Å². The fraction of sp³-hybridized carbons (Fsp3) is 0.938. The number of carbonyl (C=O) groups is 2. The normalized spacial score (nSPS) is 12.0. The molecule has 1 unspecified atom stereocenters. The molecular formula is C32H62O4. The Labute approximate surface area is 225 Å². The van der Waals surface area contributed by atoms with Crippen molar-refractivity contribution in [3.05, 3.63) is 0 Å². The Morgan fingerprint density at radius 1 is 0.472 bits per heavy atom. The molecule has 4 heteroatoms. The van der Waals surface area contributed by atoms with Crippen molar-refractivity contribution in [2.75, 3.05) is 6.61 Å². The third-order valence-electron chi connectivity index (χ3n) is 7.08. The smallest absolute Gasteiger partial charge is 0.306 e. The molecule has 0 aromatic carbocycles. The zero-order chi connectivity index (χ0) is 26.5. The van der Waals surface area contributed by atoms with Crippen LogP contribution in [-0.4, -0.2) is 24.6 Å². The van der Waals surface area contributed by atoms with Crippen molar-refractivity contribution in [1.29, 1.82) is 0 Å². The summed E-state index contributed by atoms with van der Waals surface area (Å²) in [7, 11) is 0. The van der Waals surface area contributed by atoms with Gasteiger partial charge in [0.15, 0.2) is 0 Å². The molecule has 0 N–H and O–H groups in total. The maximum Gasteiger partial charge on any atom is 0.306 e. The van der Waals surface area contributed by atoms with Gasteiger partial charge in [0.2, 0.25) is 0 Å². The van der Waals surface area contributed by atoms with Crippen molar-refractivity contribution in [3.8, 4) is 0 Å². The second kappa shape index (κ2) is 28.5. The quantitative estimate of drug-likeness (QED) is 0.0775. The molecule has 36 heavy (non-hydrogen) atoms. The second-order valence-electron chi connectivity index (χ2n) is 10.8.